The zero-order chi connectivity index (χ0) is 16.9. The molecule has 0 aromatic rings. The molecule has 3 saturated heterocycles. The minimum Gasteiger partial charge on any atom is -0.381 e. The third kappa shape index (κ3) is 3.89. The molecule has 0 N–H and O–H groups in total. The minimum atomic E-state index is -0.389. The fourth-order valence-corrected chi connectivity index (χ4v) is 6.18. The molecule has 132 valence electrons. The van der Waals surface area contributed by atoms with Crippen LogP contribution in [0.15, 0.2) is 0 Å². The molecule has 0 bridgehead atoms. The largest absolute Gasteiger partial charge is 0.381 e. The van der Waals surface area contributed by atoms with Crippen LogP contribution < -0.4 is 0 Å². The van der Waals surface area contributed by atoms with E-state index in [0.717, 1.165) is 56.8 Å². The molecule has 5 nitrogen and oxygen atoms in total. The molecule has 0 aromatic carbocycles. The summed E-state index contributed by atoms with van der Waals surface area (Å²) in [5.74, 6) is 2.53. The first kappa shape index (κ1) is 17.6. The van der Waals surface area contributed by atoms with E-state index in [2.05, 4.69) is 6.07 Å². The van der Waals surface area contributed by atoms with E-state index in [1.807, 2.05) is 0 Å². The van der Waals surface area contributed by atoms with E-state index in [-0.39, 0.29) is 28.2 Å². The van der Waals surface area contributed by atoms with Crippen LogP contribution in [0.2, 0.25) is 0 Å². The van der Waals surface area contributed by atoms with E-state index in [0.29, 0.717) is 30.2 Å². The monoisotopic (exact) mass is 350 g/mol. The second-order valence-corrected chi connectivity index (χ2v) is 9.11. The summed E-state index contributed by atoms with van der Waals surface area (Å²) in [7, 11) is -0.174. The number of ketones is 1. The van der Waals surface area contributed by atoms with Crippen LogP contribution in [0, 0.1) is 17.2 Å². The molecule has 3 heterocycles. The van der Waals surface area contributed by atoms with E-state index in [1.54, 1.807) is 4.90 Å². The molecular weight excluding hydrogens is 324 g/mol. The highest BCUT2D eigenvalue weighted by molar-refractivity contribution is 8.17. The van der Waals surface area contributed by atoms with Crippen molar-refractivity contribution in [3.05, 3.63) is 0 Å². The maximum atomic E-state index is 12.9. The van der Waals surface area contributed by atoms with Crippen molar-refractivity contribution < 1.29 is 14.3 Å². The van der Waals surface area contributed by atoms with Crippen molar-refractivity contribution in [1.82, 2.24) is 4.90 Å². The lowest BCUT2D eigenvalue weighted by molar-refractivity contribution is -0.132. The molecule has 3 aliphatic rings. The number of rotatable bonds is 5. The van der Waals surface area contributed by atoms with Gasteiger partial charge in [0, 0.05) is 26.2 Å². The van der Waals surface area contributed by atoms with Gasteiger partial charge >= 0.3 is 0 Å². The van der Waals surface area contributed by atoms with Gasteiger partial charge in [0.1, 0.15) is 10.9 Å². The van der Waals surface area contributed by atoms with Gasteiger partial charge in [-0.25, -0.2) is 0 Å². The fourth-order valence-electron chi connectivity index (χ4n) is 3.92. The molecule has 1 amide bonds. The summed E-state index contributed by atoms with van der Waals surface area (Å²) in [6.45, 7) is 2.25. The molecule has 0 saturated carbocycles. The molecule has 3 fully saturated rings. The Bertz CT molecular complexity index is 567. The van der Waals surface area contributed by atoms with Crippen LogP contribution >= 0.6 is 10.5 Å². The second-order valence-electron chi connectivity index (χ2n) is 6.90. The Balaban J connectivity index is 1.66. The Morgan fingerprint density at radius 2 is 1.96 bits per heavy atom. The van der Waals surface area contributed by atoms with Crippen molar-refractivity contribution in [3.63, 3.8) is 0 Å². The number of amides is 1. The fraction of sp³-hybridized carbons (Fsp3) is 0.778. The number of Topliss-reactive ketones (excluding diaryl/α,β-unsaturated/α-hetero) is 1. The van der Waals surface area contributed by atoms with Crippen LogP contribution in [0.5, 0.6) is 0 Å². The lowest BCUT2D eigenvalue weighted by Gasteiger charge is -2.28. The summed E-state index contributed by atoms with van der Waals surface area (Å²) in [5.41, 5.74) is 0. The number of hydrogen-bond acceptors (Lipinski definition) is 4. The predicted octanol–water partition coefficient (Wildman–Crippen LogP) is 2.12. The first-order valence-corrected chi connectivity index (χ1v) is 10.6. The highest BCUT2D eigenvalue weighted by Gasteiger charge is 2.38. The molecule has 6 heteroatoms. The number of nitrogens with zero attached hydrogens (tertiary/aromatic N) is 2. The van der Waals surface area contributed by atoms with Crippen molar-refractivity contribution >= 4 is 27.0 Å². The van der Waals surface area contributed by atoms with Gasteiger partial charge < -0.3 is 9.64 Å². The molecule has 0 spiro atoms. The van der Waals surface area contributed by atoms with Crippen molar-refractivity contribution in [1.29, 1.82) is 5.26 Å². The van der Waals surface area contributed by atoms with E-state index >= 15 is 0 Å². The van der Waals surface area contributed by atoms with Gasteiger partial charge in [-0.1, -0.05) is 0 Å². The molecule has 1 unspecified atom stereocenters. The lowest BCUT2D eigenvalue weighted by Crippen LogP contribution is -2.42. The maximum Gasteiger partial charge on any atom is 0.223 e. The Hall–Kier alpha value is -1.19. The quantitative estimate of drug-likeness (QED) is 0.712. The van der Waals surface area contributed by atoms with Crippen LogP contribution in [-0.4, -0.2) is 58.8 Å². The molecule has 3 aliphatic heterocycles. The molecule has 0 aliphatic carbocycles. The Kier molecular flexibility index (Phi) is 6.07. The van der Waals surface area contributed by atoms with Gasteiger partial charge in [-0.15, -0.1) is 0 Å². The minimum absolute atomic E-state index is 0.0689. The van der Waals surface area contributed by atoms with E-state index in [1.165, 1.54) is 0 Å². The molecular formula is C18H26N2O3S. The Morgan fingerprint density at radius 3 is 2.62 bits per heavy atom. The standard InChI is InChI=1S/C18H26N2O3S/c19-13-16(24-11-1-2-12-24)18(22)15-3-4-17(21)20(15)8-5-14-6-9-23-10-7-14/h14-15H,1-12H2. The SMILES string of the molecule is N#CC(C(=O)C1CCC(=O)N1CCC1CCOCC1)=S1CCCC1. The first-order chi connectivity index (χ1) is 11.7. The zero-order valence-corrected chi connectivity index (χ0v) is 15.0. The molecule has 0 radical (unpaired) electrons. The number of ether oxygens (including phenoxy) is 1. The Labute approximate surface area is 146 Å². The third-order valence-corrected chi connectivity index (χ3v) is 7.83. The van der Waals surface area contributed by atoms with Gasteiger partial charge in [0.25, 0.3) is 0 Å². The number of nitriles is 1. The van der Waals surface area contributed by atoms with Crippen LogP contribution in [0.3, 0.4) is 0 Å². The summed E-state index contributed by atoms with van der Waals surface area (Å²) in [6.07, 6.45) is 6.26. The van der Waals surface area contributed by atoms with E-state index < -0.39 is 0 Å². The van der Waals surface area contributed by atoms with Crippen molar-refractivity contribution in [2.45, 2.75) is 51.0 Å². The van der Waals surface area contributed by atoms with Gasteiger partial charge in [0.2, 0.25) is 11.7 Å². The summed E-state index contributed by atoms with van der Waals surface area (Å²) >= 11 is 0. The first-order valence-electron chi connectivity index (χ1n) is 9.06. The number of carbonyl (C=O) groups is 2. The second kappa shape index (κ2) is 8.26. The van der Waals surface area contributed by atoms with Gasteiger partial charge in [-0.3, -0.25) is 9.59 Å². The van der Waals surface area contributed by atoms with Gasteiger partial charge in [-0.05, 0) is 55.9 Å². The van der Waals surface area contributed by atoms with Crippen molar-refractivity contribution in [3.8, 4) is 6.07 Å². The third-order valence-electron chi connectivity index (χ3n) is 5.40. The molecule has 1 atom stereocenters. The number of carbonyl (C=O) groups excluding carboxylic acids is 2. The topological polar surface area (TPSA) is 70.4 Å². The predicted molar refractivity (Wildman–Crippen MR) is 95.1 cm³/mol. The van der Waals surface area contributed by atoms with Crippen LogP contribution in [-0.2, 0) is 14.3 Å². The average Bonchev–Trinajstić information content (AvgIpc) is 3.25. The Morgan fingerprint density at radius 1 is 1.25 bits per heavy atom. The molecule has 0 aromatic heterocycles. The summed E-state index contributed by atoms with van der Waals surface area (Å²) < 4.78 is 5.38. The van der Waals surface area contributed by atoms with Crippen molar-refractivity contribution in [2.75, 3.05) is 31.3 Å². The van der Waals surface area contributed by atoms with E-state index in [4.69, 9.17) is 4.74 Å². The summed E-state index contributed by atoms with van der Waals surface area (Å²) in [6, 6.07) is 1.80. The van der Waals surface area contributed by atoms with Gasteiger partial charge in [0.05, 0.1) is 6.04 Å². The normalized spacial score (nSPS) is 25.9. The average molecular weight is 350 g/mol. The zero-order valence-electron chi connectivity index (χ0n) is 14.2. The lowest BCUT2D eigenvalue weighted by atomic mass is 9.96. The smallest absolute Gasteiger partial charge is 0.223 e. The molecule has 3 rings (SSSR count). The summed E-state index contributed by atoms with van der Waals surface area (Å²) in [5, 5.41) is 9.48. The maximum absolute atomic E-state index is 12.9. The number of likely N-dealkylation sites (tertiary alicyclic amines) is 1. The van der Waals surface area contributed by atoms with E-state index in [9.17, 15) is 14.9 Å². The number of hydrogen-bond donors (Lipinski definition) is 0. The highest BCUT2D eigenvalue weighted by atomic mass is 32.2. The van der Waals surface area contributed by atoms with Crippen molar-refractivity contribution in [2.24, 2.45) is 5.92 Å². The highest BCUT2D eigenvalue weighted by Crippen LogP contribution is 2.30. The van der Waals surface area contributed by atoms with Crippen LogP contribution in [0.1, 0.15) is 44.9 Å². The van der Waals surface area contributed by atoms with Gasteiger partial charge in [0.15, 0.2) is 0 Å². The van der Waals surface area contributed by atoms with Gasteiger partial charge in [-0.2, -0.15) is 15.7 Å². The summed E-state index contributed by atoms with van der Waals surface area (Å²) in [4.78, 5) is 27.4. The van der Waals surface area contributed by atoms with Crippen LogP contribution in [0.4, 0.5) is 0 Å². The molecule has 24 heavy (non-hydrogen) atoms. The van der Waals surface area contributed by atoms with Crippen LogP contribution in [0.25, 0.3) is 0 Å².